The number of guanidine groups is 1. The predicted molar refractivity (Wildman–Crippen MR) is 107 cm³/mol. The van der Waals surface area contributed by atoms with Crippen molar-refractivity contribution in [3.63, 3.8) is 0 Å². The van der Waals surface area contributed by atoms with Crippen LogP contribution in [0.5, 0.6) is 5.75 Å². The number of aliphatic imine (C=N–C) groups is 1. The average Bonchev–Trinajstić information content (AvgIpc) is 3.20. The SMILES string of the molecule is CN=C(NCC1CCOC1c1ccccc1)NC1CCOc2ccccc21. The van der Waals surface area contributed by atoms with E-state index in [0.717, 1.165) is 44.3 Å². The predicted octanol–water partition coefficient (Wildman–Crippen LogP) is 3.45. The highest BCUT2D eigenvalue weighted by molar-refractivity contribution is 5.80. The Balaban J connectivity index is 1.38. The third-order valence-electron chi connectivity index (χ3n) is 5.37. The number of nitrogens with zero attached hydrogens (tertiary/aromatic N) is 1. The standard InChI is InChI=1S/C22H27N3O2/c1-23-22(25-19-12-14-26-20-10-6-5-9-18(19)20)24-15-17-11-13-27-21(17)16-7-3-2-4-8-16/h2-10,17,19,21H,11-15H2,1H3,(H2,23,24,25). The Morgan fingerprint density at radius 1 is 1.04 bits per heavy atom. The van der Waals surface area contributed by atoms with Gasteiger partial charge in [0, 0.05) is 38.1 Å². The first kappa shape index (κ1) is 17.9. The maximum Gasteiger partial charge on any atom is 0.191 e. The summed E-state index contributed by atoms with van der Waals surface area (Å²) in [6.45, 7) is 2.37. The first-order valence-electron chi connectivity index (χ1n) is 9.70. The number of para-hydroxylation sites is 1. The summed E-state index contributed by atoms with van der Waals surface area (Å²) in [5.41, 5.74) is 2.45. The van der Waals surface area contributed by atoms with Gasteiger partial charge in [-0.3, -0.25) is 4.99 Å². The molecule has 5 heteroatoms. The highest BCUT2D eigenvalue weighted by Crippen LogP contribution is 2.34. The van der Waals surface area contributed by atoms with Crippen molar-refractivity contribution in [3.05, 3.63) is 65.7 Å². The van der Waals surface area contributed by atoms with Crippen LogP contribution in [0.1, 0.15) is 36.1 Å². The third-order valence-corrected chi connectivity index (χ3v) is 5.37. The lowest BCUT2D eigenvalue weighted by Crippen LogP contribution is -2.43. The lowest BCUT2D eigenvalue weighted by molar-refractivity contribution is 0.0915. The summed E-state index contributed by atoms with van der Waals surface area (Å²) in [6.07, 6.45) is 2.14. The highest BCUT2D eigenvalue weighted by atomic mass is 16.5. The normalized spacial score (nSPS) is 24.8. The number of rotatable bonds is 4. The van der Waals surface area contributed by atoms with Gasteiger partial charge in [-0.05, 0) is 18.1 Å². The molecule has 3 unspecified atom stereocenters. The molecule has 0 radical (unpaired) electrons. The van der Waals surface area contributed by atoms with Crippen LogP contribution in [-0.4, -0.2) is 32.8 Å². The first-order valence-corrected chi connectivity index (χ1v) is 9.70. The minimum atomic E-state index is 0.153. The van der Waals surface area contributed by atoms with Gasteiger partial charge in [0.05, 0.1) is 18.8 Å². The minimum absolute atomic E-state index is 0.153. The van der Waals surface area contributed by atoms with Crippen LogP contribution in [0, 0.1) is 5.92 Å². The van der Waals surface area contributed by atoms with E-state index in [2.05, 4.69) is 52.0 Å². The lowest BCUT2D eigenvalue weighted by Gasteiger charge is -2.28. The van der Waals surface area contributed by atoms with Gasteiger partial charge in [0.25, 0.3) is 0 Å². The molecule has 3 atom stereocenters. The fourth-order valence-corrected chi connectivity index (χ4v) is 3.93. The van der Waals surface area contributed by atoms with Crippen molar-refractivity contribution in [3.8, 4) is 5.75 Å². The zero-order valence-corrected chi connectivity index (χ0v) is 15.7. The summed E-state index contributed by atoms with van der Waals surface area (Å²) in [4.78, 5) is 4.43. The van der Waals surface area contributed by atoms with E-state index in [1.54, 1.807) is 0 Å². The maximum absolute atomic E-state index is 6.00. The van der Waals surface area contributed by atoms with Crippen molar-refractivity contribution in [1.82, 2.24) is 10.6 Å². The molecule has 0 aliphatic carbocycles. The van der Waals surface area contributed by atoms with Crippen LogP contribution in [0.2, 0.25) is 0 Å². The van der Waals surface area contributed by atoms with Crippen molar-refractivity contribution in [2.24, 2.45) is 10.9 Å². The summed E-state index contributed by atoms with van der Waals surface area (Å²) in [7, 11) is 1.82. The van der Waals surface area contributed by atoms with Gasteiger partial charge >= 0.3 is 0 Å². The van der Waals surface area contributed by atoms with Crippen molar-refractivity contribution < 1.29 is 9.47 Å². The molecule has 0 saturated carbocycles. The van der Waals surface area contributed by atoms with Crippen LogP contribution in [0.15, 0.2) is 59.6 Å². The van der Waals surface area contributed by atoms with Crippen molar-refractivity contribution in [2.75, 3.05) is 26.8 Å². The largest absolute Gasteiger partial charge is 0.493 e. The second kappa shape index (κ2) is 8.44. The second-order valence-corrected chi connectivity index (χ2v) is 7.08. The van der Waals surface area contributed by atoms with Gasteiger partial charge < -0.3 is 20.1 Å². The zero-order valence-electron chi connectivity index (χ0n) is 15.7. The topological polar surface area (TPSA) is 54.9 Å². The van der Waals surface area contributed by atoms with E-state index in [-0.39, 0.29) is 12.1 Å². The number of hydrogen-bond donors (Lipinski definition) is 2. The van der Waals surface area contributed by atoms with Crippen LogP contribution < -0.4 is 15.4 Å². The molecule has 0 amide bonds. The van der Waals surface area contributed by atoms with Gasteiger partial charge in [-0.2, -0.15) is 0 Å². The van der Waals surface area contributed by atoms with Gasteiger partial charge in [0.1, 0.15) is 5.75 Å². The quantitative estimate of drug-likeness (QED) is 0.644. The highest BCUT2D eigenvalue weighted by Gasteiger charge is 2.30. The minimum Gasteiger partial charge on any atom is -0.493 e. The van der Waals surface area contributed by atoms with E-state index < -0.39 is 0 Å². The van der Waals surface area contributed by atoms with Gasteiger partial charge in [-0.15, -0.1) is 0 Å². The van der Waals surface area contributed by atoms with E-state index in [4.69, 9.17) is 9.47 Å². The van der Waals surface area contributed by atoms with E-state index >= 15 is 0 Å². The summed E-state index contributed by atoms with van der Waals surface area (Å²) < 4.78 is 11.8. The molecule has 2 aliphatic rings. The maximum atomic E-state index is 6.00. The molecule has 0 bridgehead atoms. The lowest BCUT2D eigenvalue weighted by atomic mass is 9.95. The molecule has 2 aromatic carbocycles. The van der Waals surface area contributed by atoms with Crippen LogP contribution in [0.3, 0.4) is 0 Å². The molecule has 1 saturated heterocycles. The van der Waals surface area contributed by atoms with Crippen LogP contribution in [0.4, 0.5) is 0 Å². The molecule has 0 aromatic heterocycles. The zero-order chi connectivity index (χ0) is 18.5. The number of fused-ring (bicyclic) bond motifs is 1. The number of ether oxygens (including phenoxy) is 2. The van der Waals surface area contributed by atoms with E-state index in [9.17, 15) is 0 Å². The average molecular weight is 365 g/mol. The number of benzene rings is 2. The Morgan fingerprint density at radius 2 is 1.85 bits per heavy atom. The van der Waals surface area contributed by atoms with Crippen molar-refractivity contribution in [1.29, 1.82) is 0 Å². The molecule has 1 fully saturated rings. The summed E-state index contributed by atoms with van der Waals surface area (Å²) in [5.74, 6) is 2.23. The fourth-order valence-electron chi connectivity index (χ4n) is 3.93. The van der Waals surface area contributed by atoms with Crippen LogP contribution in [-0.2, 0) is 4.74 Å². The third kappa shape index (κ3) is 4.08. The van der Waals surface area contributed by atoms with Gasteiger partial charge in [-0.1, -0.05) is 48.5 Å². The van der Waals surface area contributed by atoms with Crippen LogP contribution in [0.25, 0.3) is 0 Å². The Labute approximate surface area is 160 Å². The molecule has 142 valence electrons. The number of nitrogens with one attached hydrogen (secondary N) is 2. The van der Waals surface area contributed by atoms with Crippen LogP contribution >= 0.6 is 0 Å². The second-order valence-electron chi connectivity index (χ2n) is 7.08. The molecule has 0 spiro atoms. The molecule has 5 nitrogen and oxygen atoms in total. The van der Waals surface area contributed by atoms with Crippen molar-refractivity contribution in [2.45, 2.75) is 25.0 Å². The van der Waals surface area contributed by atoms with Gasteiger partial charge in [0.2, 0.25) is 0 Å². The molecular formula is C22H27N3O2. The summed E-state index contributed by atoms with van der Waals surface area (Å²) in [5, 5.41) is 7.07. The number of hydrogen-bond acceptors (Lipinski definition) is 3. The van der Waals surface area contributed by atoms with E-state index in [0.29, 0.717) is 5.92 Å². The molecule has 4 rings (SSSR count). The first-order chi connectivity index (χ1) is 13.3. The molecule has 2 aliphatic heterocycles. The Hall–Kier alpha value is -2.53. The molecule has 2 aromatic rings. The monoisotopic (exact) mass is 365 g/mol. The Morgan fingerprint density at radius 3 is 2.70 bits per heavy atom. The van der Waals surface area contributed by atoms with E-state index in [1.165, 1.54) is 11.1 Å². The van der Waals surface area contributed by atoms with E-state index in [1.807, 2.05) is 25.2 Å². The van der Waals surface area contributed by atoms with Gasteiger partial charge in [-0.25, -0.2) is 0 Å². The molecule has 2 N–H and O–H groups in total. The Bertz CT molecular complexity index is 778. The summed E-state index contributed by atoms with van der Waals surface area (Å²) >= 11 is 0. The summed E-state index contributed by atoms with van der Waals surface area (Å²) in [6, 6.07) is 18.9. The van der Waals surface area contributed by atoms with Crippen molar-refractivity contribution >= 4 is 5.96 Å². The fraction of sp³-hybridized carbons (Fsp3) is 0.409. The van der Waals surface area contributed by atoms with Gasteiger partial charge in [0.15, 0.2) is 5.96 Å². The smallest absolute Gasteiger partial charge is 0.191 e. The molecular weight excluding hydrogens is 338 g/mol. The molecule has 27 heavy (non-hydrogen) atoms. The molecule has 2 heterocycles. The Kier molecular flexibility index (Phi) is 5.58.